The third-order valence-electron chi connectivity index (χ3n) is 3.31. The lowest BCUT2D eigenvalue weighted by Crippen LogP contribution is -2.32. The van der Waals surface area contributed by atoms with E-state index in [0.29, 0.717) is 5.92 Å². The summed E-state index contributed by atoms with van der Waals surface area (Å²) in [4.78, 5) is 11.7. The van der Waals surface area contributed by atoms with Gasteiger partial charge in [0.25, 0.3) is 0 Å². The molecule has 1 aliphatic rings. The Morgan fingerprint density at radius 3 is 2.39 bits per heavy atom. The predicted octanol–water partition coefficient (Wildman–Crippen LogP) is 3.43. The van der Waals surface area contributed by atoms with E-state index in [0.717, 1.165) is 34.1 Å². The molecule has 0 saturated heterocycles. The van der Waals surface area contributed by atoms with E-state index in [4.69, 9.17) is 4.74 Å². The molecule has 3 nitrogen and oxygen atoms in total. The maximum atomic E-state index is 11.7. The number of halogens is 1. The number of methoxy groups -OCH3 is 1. The standard InChI is InChI=1S/C14H18BrNO2/c1-8-6-11(7-9(2)12(8)15)16-13(10-4-5-10)14(17)18-3/h6-7,10,13,16H,4-5H2,1-3H3. The van der Waals surface area contributed by atoms with Crippen LogP contribution in [-0.2, 0) is 9.53 Å². The average Bonchev–Trinajstić information content (AvgIpc) is 3.16. The number of nitrogens with one attached hydrogen (secondary N) is 1. The van der Waals surface area contributed by atoms with Gasteiger partial charge in [-0.25, -0.2) is 4.79 Å². The Balaban J connectivity index is 2.18. The zero-order chi connectivity index (χ0) is 13.3. The minimum Gasteiger partial charge on any atom is -0.467 e. The number of esters is 1. The van der Waals surface area contributed by atoms with Gasteiger partial charge in [0, 0.05) is 10.2 Å². The van der Waals surface area contributed by atoms with E-state index in [-0.39, 0.29) is 12.0 Å². The zero-order valence-electron chi connectivity index (χ0n) is 10.9. The van der Waals surface area contributed by atoms with Gasteiger partial charge >= 0.3 is 5.97 Å². The zero-order valence-corrected chi connectivity index (χ0v) is 12.5. The lowest BCUT2D eigenvalue weighted by molar-refractivity contribution is -0.142. The number of carbonyl (C=O) groups is 1. The van der Waals surface area contributed by atoms with Crippen molar-refractivity contribution in [2.24, 2.45) is 5.92 Å². The van der Waals surface area contributed by atoms with E-state index in [1.54, 1.807) is 0 Å². The van der Waals surface area contributed by atoms with Crippen molar-refractivity contribution in [1.29, 1.82) is 0 Å². The second-order valence-corrected chi connectivity index (χ2v) is 5.70. The largest absolute Gasteiger partial charge is 0.467 e. The first-order valence-corrected chi connectivity index (χ1v) is 6.93. The van der Waals surface area contributed by atoms with Crippen molar-refractivity contribution < 1.29 is 9.53 Å². The van der Waals surface area contributed by atoms with Gasteiger partial charge in [0.1, 0.15) is 6.04 Å². The van der Waals surface area contributed by atoms with Crippen LogP contribution >= 0.6 is 15.9 Å². The summed E-state index contributed by atoms with van der Waals surface area (Å²) in [6.07, 6.45) is 2.20. The molecule has 1 saturated carbocycles. The fourth-order valence-corrected chi connectivity index (χ4v) is 2.36. The normalized spacial score (nSPS) is 16.2. The molecule has 1 atom stereocenters. The highest BCUT2D eigenvalue weighted by atomic mass is 79.9. The lowest BCUT2D eigenvalue weighted by atomic mass is 10.1. The molecule has 0 amide bonds. The Labute approximate surface area is 116 Å². The molecule has 0 aromatic heterocycles. The van der Waals surface area contributed by atoms with Crippen molar-refractivity contribution in [1.82, 2.24) is 0 Å². The van der Waals surface area contributed by atoms with Gasteiger partial charge in [0.15, 0.2) is 0 Å². The minimum atomic E-state index is -0.213. The summed E-state index contributed by atoms with van der Waals surface area (Å²) in [7, 11) is 1.44. The SMILES string of the molecule is COC(=O)C(Nc1cc(C)c(Br)c(C)c1)C1CC1. The van der Waals surface area contributed by atoms with Crippen LogP contribution in [0, 0.1) is 19.8 Å². The van der Waals surface area contributed by atoms with Crippen LogP contribution in [0.1, 0.15) is 24.0 Å². The van der Waals surface area contributed by atoms with Crippen LogP contribution in [0.25, 0.3) is 0 Å². The van der Waals surface area contributed by atoms with Crippen molar-refractivity contribution >= 4 is 27.6 Å². The topological polar surface area (TPSA) is 38.3 Å². The number of aryl methyl sites for hydroxylation is 2. The van der Waals surface area contributed by atoms with Gasteiger partial charge in [-0.05, 0) is 55.9 Å². The highest BCUT2D eigenvalue weighted by molar-refractivity contribution is 9.10. The first-order chi connectivity index (χ1) is 8.52. The highest BCUT2D eigenvalue weighted by Crippen LogP contribution is 2.35. The second kappa shape index (κ2) is 5.31. The summed E-state index contributed by atoms with van der Waals surface area (Å²) in [5, 5.41) is 3.31. The first kappa shape index (κ1) is 13.4. The third-order valence-corrected chi connectivity index (χ3v) is 4.56. The summed E-state index contributed by atoms with van der Waals surface area (Å²) in [6.45, 7) is 4.10. The number of anilines is 1. The van der Waals surface area contributed by atoms with Crippen molar-refractivity contribution in [3.8, 4) is 0 Å². The molecule has 0 heterocycles. The van der Waals surface area contributed by atoms with Crippen LogP contribution < -0.4 is 5.32 Å². The summed E-state index contributed by atoms with van der Waals surface area (Å²) in [5.74, 6) is 0.248. The quantitative estimate of drug-likeness (QED) is 0.866. The van der Waals surface area contributed by atoms with Gasteiger partial charge in [-0.2, -0.15) is 0 Å². The third kappa shape index (κ3) is 2.86. The van der Waals surface area contributed by atoms with Crippen LogP contribution in [0.5, 0.6) is 0 Å². The fraction of sp³-hybridized carbons (Fsp3) is 0.500. The van der Waals surface area contributed by atoms with Crippen LogP contribution in [0.3, 0.4) is 0 Å². The van der Waals surface area contributed by atoms with E-state index >= 15 is 0 Å². The molecule has 1 aromatic rings. The van der Waals surface area contributed by atoms with Crippen LogP contribution in [-0.4, -0.2) is 19.1 Å². The summed E-state index contributed by atoms with van der Waals surface area (Å²) in [5.41, 5.74) is 3.31. The number of hydrogen-bond donors (Lipinski definition) is 1. The molecular formula is C14H18BrNO2. The van der Waals surface area contributed by atoms with Crippen LogP contribution in [0.4, 0.5) is 5.69 Å². The first-order valence-electron chi connectivity index (χ1n) is 6.14. The fourth-order valence-electron chi connectivity index (χ4n) is 2.13. The molecule has 2 rings (SSSR count). The van der Waals surface area contributed by atoms with Gasteiger partial charge in [0.2, 0.25) is 0 Å². The Morgan fingerprint density at radius 2 is 1.94 bits per heavy atom. The molecule has 0 aliphatic heterocycles. The van der Waals surface area contributed by atoms with E-state index in [9.17, 15) is 4.79 Å². The van der Waals surface area contributed by atoms with Crippen molar-refractivity contribution in [2.45, 2.75) is 32.7 Å². The maximum absolute atomic E-state index is 11.7. The average molecular weight is 312 g/mol. The second-order valence-electron chi connectivity index (χ2n) is 4.91. The smallest absolute Gasteiger partial charge is 0.328 e. The maximum Gasteiger partial charge on any atom is 0.328 e. The van der Waals surface area contributed by atoms with Crippen LogP contribution in [0.2, 0.25) is 0 Å². The van der Waals surface area contributed by atoms with Crippen molar-refractivity contribution in [3.63, 3.8) is 0 Å². The van der Waals surface area contributed by atoms with Crippen molar-refractivity contribution in [2.75, 3.05) is 12.4 Å². The summed E-state index contributed by atoms with van der Waals surface area (Å²) < 4.78 is 5.98. The monoisotopic (exact) mass is 311 g/mol. The Hall–Kier alpha value is -1.03. The number of benzene rings is 1. The predicted molar refractivity (Wildman–Crippen MR) is 75.8 cm³/mol. The molecule has 18 heavy (non-hydrogen) atoms. The molecule has 1 fully saturated rings. The number of rotatable bonds is 4. The molecule has 1 unspecified atom stereocenters. The Bertz CT molecular complexity index is 446. The molecule has 98 valence electrons. The Morgan fingerprint density at radius 1 is 1.39 bits per heavy atom. The highest BCUT2D eigenvalue weighted by Gasteiger charge is 2.37. The molecule has 0 spiro atoms. The van der Waals surface area contributed by atoms with Gasteiger partial charge in [-0.3, -0.25) is 0 Å². The van der Waals surface area contributed by atoms with Crippen LogP contribution in [0.15, 0.2) is 16.6 Å². The molecule has 1 aromatic carbocycles. The van der Waals surface area contributed by atoms with Crippen molar-refractivity contribution in [3.05, 3.63) is 27.7 Å². The van der Waals surface area contributed by atoms with E-state index in [1.165, 1.54) is 7.11 Å². The summed E-state index contributed by atoms with van der Waals surface area (Å²) in [6, 6.07) is 3.89. The van der Waals surface area contributed by atoms with E-state index in [2.05, 4.69) is 33.4 Å². The van der Waals surface area contributed by atoms with Gasteiger partial charge < -0.3 is 10.1 Å². The molecule has 0 bridgehead atoms. The number of hydrogen-bond acceptors (Lipinski definition) is 3. The van der Waals surface area contributed by atoms with E-state index < -0.39 is 0 Å². The number of carbonyl (C=O) groups excluding carboxylic acids is 1. The Kier molecular flexibility index (Phi) is 3.95. The molecule has 1 N–H and O–H groups in total. The molecular weight excluding hydrogens is 294 g/mol. The lowest BCUT2D eigenvalue weighted by Gasteiger charge is -2.18. The number of ether oxygens (including phenoxy) is 1. The van der Waals surface area contributed by atoms with Gasteiger partial charge in [0.05, 0.1) is 7.11 Å². The molecule has 1 aliphatic carbocycles. The van der Waals surface area contributed by atoms with Gasteiger partial charge in [-0.1, -0.05) is 15.9 Å². The van der Waals surface area contributed by atoms with Gasteiger partial charge in [-0.15, -0.1) is 0 Å². The molecule has 0 radical (unpaired) electrons. The minimum absolute atomic E-state index is 0.171. The summed E-state index contributed by atoms with van der Waals surface area (Å²) >= 11 is 3.54. The molecule has 4 heteroatoms. The van der Waals surface area contributed by atoms with E-state index in [1.807, 2.05) is 13.8 Å².